The smallest absolute Gasteiger partial charge is 0.147 e. The van der Waals surface area contributed by atoms with Crippen LogP contribution in [0.4, 0.5) is 0 Å². The van der Waals surface area contributed by atoms with Crippen molar-refractivity contribution in [1.82, 2.24) is 23.5 Å². The van der Waals surface area contributed by atoms with Crippen molar-refractivity contribution in [1.29, 1.82) is 0 Å². The molecule has 0 saturated heterocycles. The zero-order chi connectivity index (χ0) is 30.6. The quantitative estimate of drug-likeness (QED) is 0.186. The maximum absolute atomic E-state index is 5.19. The highest BCUT2D eigenvalue weighted by atomic mass is 15.1. The van der Waals surface area contributed by atoms with E-state index >= 15 is 0 Å². The topological polar surface area (TPSA) is 40.1 Å². The minimum atomic E-state index is 0.909. The molecule has 6 aromatic carbocycles. The minimum Gasteiger partial charge on any atom is -0.309 e. The molecule has 218 valence electrons. The molecule has 0 N–H and O–H groups in total. The summed E-state index contributed by atoms with van der Waals surface area (Å²) in [6, 6.07) is 52.0. The average Bonchev–Trinajstić information content (AvgIpc) is 3.80. The third-order valence-corrected chi connectivity index (χ3v) is 9.82. The summed E-state index contributed by atoms with van der Waals surface area (Å²) in [6.07, 6.45) is 1.89. The number of fused-ring (bicyclic) bond motifs is 16. The number of benzene rings is 6. The first-order valence-corrected chi connectivity index (χ1v) is 15.9. The summed E-state index contributed by atoms with van der Waals surface area (Å²) in [6.45, 7) is 0. The second-order valence-electron chi connectivity index (χ2n) is 12.2. The molecule has 0 aliphatic rings. The van der Waals surface area contributed by atoms with Gasteiger partial charge in [-0.2, -0.15) is 0 Å². The maximum atomic E-state index is 5.19. The molecule has 5 aromatic heterocycles. The summed E-state index contributed by atoms with van der Waals surface area (Å²) in [7, 11) is 0. The van der Waals surface area contributed by atoms with Gasteiger partial charge in [-0.15, -0.1) is 0 Å². The number of imidazole rings is 1. The molecule has 11 aromatic rings. The van der Waals surface area contributed by atoms with E-state index in [1.807, 2.05) is 12.3 Å². The highest BCUT2D eigenvalue weighted by Gasteiger charge is 2.24. The number of nitrogens with zero attached hydrogens (tertiary/aromatic N) is 5. The van der Waals surface area contributed by atoms with Gasteiger partial charge in [0.2, 0.25) is 0 Å². The van der Waals surface area contributed by atoms with Crippen LogP contribution in [0.3, 0.4) is 0 Å². The monoisotopic (exact) mass is 599 g/mol. The molecule has 0 spiro atoms. The summed E-state index contributed by atoms with van der Waals surface area (Å²) in [5.41, 5.74) is 10.9. The van der Waals surface area contributed by atoms with Crippen LogP contribution >= 0.6 is 0 Å². The lowest BCUT2D eigenvalue weighted by molar-refractivity contribution is 1.18. The SMILES string of the molecule is c1ccc(-n2c3ccccc3c3c2ccc2c4ccc5c(c6cccnc6n6c7ccccc7nc56)c4n(-c4ccccc4)c23)cc1. The molecule has 5 heteroatoms. The Balaban J connectivity index is 1.44. The van der Waals surface area contributed by atoms with Gasteiger partial charge >= 0.3 is 0 Å². The zero-order valence-corrected chi connectivity index (χ0v) is 25.2. The Morgan fingerprint density at radius 2 is 0.979 bits per heavy atom. The highest BCUT2D eigenvalue weighted by molar-refractivity contribution is 6.32. The van der Waals surface area contributed by atoms with Gasteiger partial charge in [0.05, 0.1) is 33.1 Å². The molecule has 0 bridgehead atoms. The zero-order valence-electron chi connectivity index (χ0n) is 25.2. The summed E-state index contributed by atoms with van der Waals surface area (Å²) in [4.78, 5) is 10.2. The van der Waals surface area contributed by atoms with Gasteiger partial charge in [0.25, 0.3) is 0 Å². The predicted molar refractivity (Wildman–Crippen MR) is 194 cm³/mol. The van der Waals surface area contributed by atoms with Crippen molar-refractivity contribution in [2.75, 3.05) is 0 Å². The Morgan fingerprint density at radius 1 is 0.383 bits per heavy atom. The Labute approximate surface area is 268 Å². The molecular weight excluding hydrogens is 574 g/mol. The van der Waals surface area contributed by atoms with Gasteiger partial charge in [0, 0.05) is 55.3 Å². The Hall–Kier alpha value is -6.46. The van der Waals surface area contributed by atoms with Gasteiger partial charge in [-0.25, -0.2) is 9.97 Å². The lowest BCUT2D eigenvalue weighted by atomic mass is 10.0. The second kappa shape index (κ2) is 9.05. The van der Waals surface area contributed by atoms with Crippen LogP contribution in [-0.4, -0.2) is 23.5 Å². The van der Waals surface area contributed by atoms with E-state index < -0.39 is 0 Å². The Kier molecular flexibility index (Phi) is 4.78. The molecule has 5 heterocycles. The second-order valence-corrected chi connectivity index (χ2v) is 12.2. The first-order valence-electron chi connectivity index (χ1n) is 15.9. The standard InChI is InChI=1S/C42H25N5/c1-3-12-26(13-4-1)45-34-19-9-7-16-30(34)38-36(45)24-23-29-28-21-22-32-37(39(28)46(40(29)38)27-14-5-2-6-15-27)31-17-11-25-43-41(31)47-35-20-10-8-18-33(35)44-42(32)47/h1-25H. The van der Waals surface area contributed by atoms with Crippen LogP contribution in [-0.2, 0) is 0 Å². The van der Waals surface area contributed by atoms with Gasteiger partial charge in [0.1, 0.15) is 11.3 Å². The number of hydrogen-bond acceptors (Lipinski definition) is 2. The van der Waals surface area contributed by atoms with E-state index in [-0.39, 0.29) is 0 Å². The number of rotatable bonds is 2. The minimum absolute atomic E-state index is 0.909. The number of pyridine rings is 2. The third kappa shape index (κ3) is 3.17. The van der Waals surface area contributed by atoms with Crippen molar-refractivity contribution in [3.8, 4) is 11.4 Å². The maximum Gasteiger partial charge on any atom is 0.147 e. The van der Waals surface area contributed by atoms with Crippen molar-refractivity contribution in [2.45, 2.75) is 0 Å². The van der Waals surface area contributed by atoms with Crippen molar-refractivity contribution in [3.63, 3.8) is 0 Å². The van der Waals surface area contributed by atoms with Crippen LogP contribution in [0.1, 0.15) is 0 Å². The summed E-state index contributed by atoms with van der Waals surface area (Å²) in [5.74, 6) is 0. The molecule has 0 aliphatic heterocycles. The average molecular weight is 600 g/mol. The molecule has 47 heavy (non-hydrogen) atoms. The van der Waals surface area contributed by atoms with E-state index in [9.17, 15) is 0 Å². The molecule has 0 radical (unpaired) electrons. The van der Waals surface area contributed by atoms with Gasteiger partial charge in [-0.05, 0) is 66.7 Å². The van der Waals surface area contributed by atoms with E-state index in [2.05, 4.69) is 153 Å². The lowest BCUT2D eigenvalue weighted by Gasteiger charge is -2.13. The molecule has 0 saturated carbocycles. The summed E-state index contributed by atoms with van der Waals surface area (Å²) < 4.78 is 7.11. The van der Waals surface area contributed by atoms with Crippen molar-refractivity contribution < 1.29 is 0 Å². The molecular formula is C42H25N5. The van der Waals surface area contributed by atoms with E-state index in [1.165, 1.54) is 43.6 Å². The fraction of sp³-hybridized carbons (Fsp3) is 0. The van der Waals surface area contributed by atoms with Gasteiger partial charge in [0.15, 0.2) is 0 Å². The van der Waals surface area contributed by atoms with E-state index in [0.29, 0.717) is 0 Å². The van der Waals surface area contributed by atoms with Crippen LogP contribution in [0, 0.1) is 0 Å². The predicted octanol–water partition coefficient (Wildman–Crippen LogP) is 10.4. The van der Waals surface area contributed by atoms with Crippen LogP contribution in [0.2, 0.25) is 0 Å². The summed E-state index contributed by atoms with van der Waals surface area (Å²) in [5, 5.41) is 8.28. The fourth-order valence-corrected chi connectivity index (χ4v) is 7.99. The molecule has 5 nitrogen and oxygen atoms in total. The van der Waals surface area contributed by atoms with E-state index in [4.69, 9.17) is 9.97 Å². The van der Waals surface area contributed by atoms with Crippen LogP contribution in [0.25, 0.3) is 93.5 Å². The number of aromatic nitrogens is 5. The van der Waals surface area contributed by atoms with Crippen LogP contribution in [0.5, 0.6) is 0 Å². The number of para-hydroxylation sites is 5. The lowest BCUT2D eigenvalue weighted by Crippen LogP contribution is -1.98. The molecule has 0 fully saturated rings. The van der Waals surface area contributed by atoms with E-state index in [0.717, 1.165) is 49.9 Å². The Morgan fingerprint density at radius 3 is 1.79 bits per heavy atom. The van der Waals surface area contributed by atoms with E-state index in [1.54, 1.807) is 0 Å². The highest BCUT2D eigenvalue weighted by Crippen LogP contribution is 2.45. The Bertz CT molecular complexity index is 3060. The first kappa shape index (κ1) is 24.8. The third-order valence-electron chi connectivity index (χ3n) is 9.82. The fourth-order valence-electron chi connectivity index (χ4n) is 7.99. The summed E-state index contributed by atoms with van der Waals surface area (Å²) >= 11 is 0. The van der Waals surface area contributed by atoms with Crippen molar-refractivity contribution in [2.24, 2.45) is 0 Å². The van der Waals surface area contributed by atoms with Crippen molar-refractivity contribution in [3.05, 3.63) is 152 Å². The molecule has 0 unspecified atom stereocenters. The molecule has 0 aliphatic carbocycles. The normalized spacial score (nSPS) is 12.3. The first-order chi connectivity index (χ1) is 23.4. The van der Waals surface area contributed by atoms with Gasteiger partial charge < -0.3 is 9.13 Å². The molecule has 0 atom stereocenters. The molecule has 11 rings (SSSR count). The van der Waals surface area contributed by atoms with Crippen LogP contribution < -0.4 is 0 Å². The van der Waals surface area contributed by atoms with Gasteiger partial charge in [-0.3, -0.25) is 4.40 Å². The van der Waals surface area contributed by atoms with Crippen molar-refractivity contribution >= 4 is 82.1 Å². The van der Waals surface area contributed by atoms with Crippen LogP contribution in [0.15, 0.2) is 152 Å². The number of hydrogen-bond donors (Lipinski definition) is 0. The van der Waals surface area contributed by atoms with Gasteiger partial charge in [-0.1, -0.05) is 78.9 Å². The molecule has 0 amide bonds. The largest absolute Gasteiger partial charge is 0.309 e.